The standard InChI is InChI=1S/C27H23F3N6O3S/c1-34-12-10-24(33-34)40(38,39)35-13-9-20-14-23-18(15-26(20,17-35)25(37)22-4-2-3-11-31-22)16-32-36(23)21-7-5-19(6-8-21)27(28,29)30/h2-8,10-12,14,16H,9,13,15,17H2,1H3. The number of piperidine rings is 1. The molecule has 13 heteroatoms. The molecule has 6 rings (SSSR count). The van der Waals surface area contributed by atoms with Crippen LogP contribution in [0.1, 0.15) is 33.7 Å². The highest BCUT2D eigenvalue weighted by molar-refractivity contribution is 7.89. The number of benzene rings is 1. The molecule has 3 aromatic heterocycles. The topological polar surface area (TPSA) is 103 Å². The number of nitrogens with zero attached hydrogens (tertiary/aromatic N) is 6. The van der Waals surface area contributed by atoms with Gasteiger partial charge in [0.15, 0.2) is 10.8 Å². The van der Waals surface area contributed by atoms with Gasteiger partial charge in [-0.2, -0.15) is 27.7 Å². The van der Waals surface area contributed by atoms with E-state index in [2.05, 4.69) is 15.2 Å². The number of pyridine rings is 1. The first-order chi connectivity index (χ1) is 19.0. The first-order valence-corrected chi connectivity index (χ1v) is 13.8. The molecule has 2 aliphatic rings. The monoisotopic (exact) mass is 568 g/mol. The number of alkyl halides is 3. The second-order valence-corrected chi connectivity index (χ2v) is 11.8. The molecule has 1 aromatic carbocycles. The summed E-state index contributed by atoms with van der Waals surface area (Å²) < 4.78 is 70.5. The summed E-state index contributed by atoms with van der Waals surface area (Å²) in [7, 11) is -2.36. The summed E-state index contributed by atoms with van der Waals surface area (Å²) in [6, 6.07) is 11.1. The number of halogens is 3. The summed E-state index contributed by atoms with van der Waals surface area (Å²) in [4.78, 5) is 18.4. The highest BCUT2D eigenvalue weighted by atomic mass is 32.2. The summed E-state index contributed by atoms with van der Waals surface area (Å²) >= 11 is 0. The van der Waals surface area contributed by atoms with Crippen molar-refractivity contribution in [2.45, 2.75) is 24.0 Å². The number of aryl methyl sites for hydroxylation is 1. The van der Waals surface area contributed by atoms with E-state index < -0.39 is 27.2 Å². The zero-order chi connectivity index (χ0) is 28.3. The van der Waals surface area contributed by atoms with E-state index in [4.69, 9.17) is 0 Å². The van der Waals surface area contributed by atoms with Gasteiger partial charge >= 0.3 is 6.18 Å². The van der Waals surface area contributed by atoms with Gasteiger partial charge in [0.05, 0.1) is 28.6 Å². The first-order valence-electron chi connectivity index (χ1n) is 12.4. The Morgan fingerprint density at radius 1 is 1.07 bits per heavy atom. The van der Waals surface area contributed by atoms with Crippen LogP contribution in [0.3, 0.4) is 0 Å². The summed E-state index contributed by atoms with van der Waals surface area (Å²) in [6.45, 7) is 0.0176. The molecule has 1 saturated heterocycles. The number of aromatic nitrogens is 5. The van der Waals surface area contributed by atoms with Gasteiger partial charge in [0.1, 0.15) is 5.69 Å². The number of rotatable bonds is 5. The van der Waals surface area contributed by atoms with Crippen molar-refractivity contribution in [2.75, 3.05) is 13.1 Å². The molecule has 0 bridgehead atoms. The Hall–Kier alpha value is -4.10. The average Bonchev–Trinajstić information content (AvgIpc) is 3.57. The molecule has 0 saturated carbocycles. The molecule has 0 N–H and O–H groups in total. The van der Waals surface area contributed by atoms with Gasteiger partial charge in [0, 0.05) is 32.5 Å². The third kappa shape index (κ3) is 4.25. The second-order valence-electron chi connectivity index (χ2n) is 9.90. The highest BCUT2D eigenvalue weighted by Crippen LogP contribution is 2.47. The van der Waals surface area contributed by atoms with Gasteiger partial charge in [-0.1, -0.05) is 11.6 Å². The third-order valence-corrected chi connectivity index (χ3v) is 9.18. The molecular weight excluding hydrogens is 545 g/mol. The van der Waals surface area contributed by atoms with Gasteiger partial charge in [-0.15, -0.1) is 0 Å². The number of carbonyl (C=O) groups is 1. The van der Waals surface area contributed by atoms with E-state index in [0.29, 0.717) is 16.9 Å². The van der Waals surface area contributed by atoms with Gasteiger partial charge < -0.3 is 0 Å². The van der Waals surface area contributed by atoms with Crippen molar-refractivity contribution in [3.8, 4) is 5.69 Å². The van der Waals surface area contributed by atoms with Gasteiger partial charge in [-0.25, -0.2) is 13.1 Å². The molecule has 206 valence electrons. The van der Waals surface area contributed by atoms with Crippen molar-refractivity contribution in [3.05, 3.63) is 95.2 Å². The number of sulfonamides is 1. The second kappa shape index (κ2) is 9.24. The predicted octanol–water partition coefficient (Wildman–Crippen LogP) is 3.92. The fourth-order valence-electron chi connectivity index (χ4n) is 5.42. The van der Waals surface area contributed by atoms with E-state index in [1.807, 2.05) is 6.08 Å². The molecule has 1 aliphatic heterocycles. The van der Waals surface area contributed by atoms with Crippen molar-refractivity contribution in [1.29, 1.82) is 0 Å². The fourth-order valence-corrected chi connectivity index (χ4v) is 6.88. The lowest BCUT2D eigenvalue weighted by molar-refractivity contribution is -0.137. The Labute approximate surface area is 227 Å². The van der Waals surface area contributed by atoms with Crippen LogP contribution in [0.15, 0.2) is 77.7 Å². The Bertz CT molecular complexity index is 1740. The molecule has 1 fully saturated rings. The van der Waals surface area contributed by atoms with Crippen LogP contribution in [0.2, 0.25) is 0 Å². The quantitative estimate of drug-likeness (QED) is 0.338. The number of carbonyl (C=O) groups excluding carboxylic acids is 1. The van der Waals surface area contributed by atoms with Gasteiger partial charge in [0.2, 0.25) is 0 Å². The normalized spacial score (nSPS) is 19.6. The van der Waals surface area contributed by atoms with E-state index in [-0.39, 0.29) is 42.4 Å². The Morgan fingerprint density at radius 3 is 2.50 bits per heavy atom. The van der Waals surface area contributed by atoms with Crippen molar-refractivity contribution in [2.24, 2.45) is 12.5 Å². The molecule has 0 spiro atoms. The van der Waals surface area contributed by atoms with E-state index in [0.717, 1.165) is 17.7 Å². The smallest absolute Gasteiger partial charge is 0.291 e. The maximum Gasteiger partial charge on any atom is 0.416 e. The van der Waals surface area contributed by atoms with Gasteiger partial charge in [0.25, 0.3) is 10.0 Å². The summed E-state index contributed by atoms with van der Waals surface area (Å²) in [6.07, 6.45) is 2.39. The van der Waals surface area contributed by atoms with Crippen LogP contribution in [0.25, 0.3) is 11.8 Å². The minimum absolute atomic E-state index is 0.102. The molecule has 1 atom stereocenters. The largest absolute Gasteiger partial charge is 0.416 e. The summed E-state index contributed by atoms with van der Waals surface area (Å²) in [5.41, 5.74) is 0.670. The fraction of sp³-hybridized carbons (Fsp3) is 0.259. The molecule has 4 aromatic rings. The number of hydrogen-bond acceptors (Lipinski definition) is 6. The van der Waals surface area contributed by atoms with E-state index in [1.54, 1.807) is 37.6 Å². The summed E-state index contributed by atoms with van der Waals surface area (Å²) in [5.74, 6) is -0.312. The number of fused-ring (bicyclic) bond motifs is 2. The highest BCUT2D eigenvalue weighted by Gasteiger charge is 2.51. The molecule has 4 heterocycles. The van der Waals surface area contributed by atoms with E-state index in [1.165, 1.54) is 38.1 Å². The van der Waals surface area contributed by atoms with Gasteiger partial charge in [-0.3, -0.25) is 14.5 Å². The van der Waals surface area contributed by atoms with Crippen LogP contribution in [-0.2, 0) is 29.7 Å². The lowest BCUT2D eigenvalue weighted by Crippen LogP contribution is -2.53. The zero-order valence-electron chi connectivity index (χ0n) is 21.2. The van der Waals surface area contributed by atoms with Crippen LogP contribution in [-0.4, -0.2) is 56.1 Å². The minimum atomic E-state index is -4.46. The Kier molecular flexibility index (Phi) is 6.04. The van der Waals surface area contributed by atoms with Gasteiger partial charge in [-0.05, 0) is 66.9 Å². The average molecular weight is 569 g/mol. The van der Waals surface area contributed by atoms with Crippen LogP contribution < -0.4 is 0 Å². The van der Waals surface area contributed by atoms with Crippen LogP contribution >= 0.6 is 0 Å². The number of hydrogen-bond donors (Lipinski definition) is 0. The number of Topliss-reactive ketones (excluding diaryl/α,β-unsaturated/α-hetero) is 1. The zero-order valence-corrected chi connectivity index (χ0v) is 22.0. The molecular formula is C27H23F3N6O3S. The first kappa shape index (κ1) is 26.1. The summed E-state index contributed by atoms with van der Waals surface area (Å²) in [5, 5.41) is 8.39. The molecule has 1 unspecified atom stereocenters. The number of ketones is 1. The SMILES string of the molecule is Cn1ccc(S(=O)(=O)N2CCC3=Cc4c(cnn4-c4ccc(C(F)(F)F)cc4)CC3(C(=O)c3ccccn3)C2)n1. The maximum atomic E-state index is 14.1. The molecule has 40 heavy (non-hydrogen) atoms. The minimum Gasteiger partial charge on any atom is -0.291 e. The van der Waals surface area contributed by atoms with Crippen molar-refractivity contribution < 1.29 is 26.4 Å². The van der Waals surface area contributed by atoms with E-state index in [9.17, 15) is 26.4 Å². The third-order valence-electron chi connectivity index (χ3n) is 7.45. The van der Waals surface area contributed by atoms with Crippen LogP contribution in [0.5, 0.6) is 0 Å². The van der Waals surface area contributed by atoms with E-state index >= 15 is 0 Å². The van der Waals surface area contributed by atoms with Crippen molar-refractivity contribution >= 4 is 21.9 Å². The van der Waals surface area contributed by atoms with Crippen LogP contribution in [0, 0.1) is 5.41 Å². The maximum absolute atomic E-state index is 14.1. The molecule has 1 aliphatic carbocycles. The Balaban J connectivity index is 1.42. The lowest BCUT2D eigenvalue weighted by Gasteiger charge is -2.44. The van der Waals surface area contributed by atoms with Crippen LogP contribution in [0.4, 0.5) is 13.2 Å². The predicted molar refractivity (Wildman–Crippen MR) is 138 cm³/mol. The molecule has 0 amide bonds. The lowest BCUT2D eigenvalue weighted by atomic mass is 9.65. The Morgan fingerprint density at radius 2 is 1.85 bits per heavy atom. The van der Waals surface area contributed by atoms with Crippen molar-refractivity contribution in [3.63, 3.8) is 0 Å². The van der Waals surface area contributed by atoms with Crippen molar-refractivity contribution in [1.82, 2.24) is 28.9 Å². The molecule has 0 radical (unpaired) electrons. The molecule has 9 nitrogen and oxygen atoms in total.